The van der Waals surface area contributed by atoms with Gasteiger partial charge in [-0.15, -0.1) is 0 Å². The summed E-state index contributed by atoms with van der Waals surface area (Å²) < 4.78 is 5.19. The highest BCUT2D eigenvalue weighted by molar-refractivity contribution is 7.80. The van der Waals surface area contributed by atoms with E-state index >= 15 is 0 Å². The lowest BCUT2D eigenvalue weighted by Crippen LogP contribution is -2.22. The molecule has 2 saturated heterocycles. The van der Waals surface area contributed by atoms with Crippen LogP contribution in [-0.2, 0) is 9.53 Å². The summed E-state index contributed by atoms with van der Waals surface area (Å²) in [6, 6.07) is 0. The zero-order chi connectivity index (χ0) is 11.7. The Morgan fingerprint density at radius 3 is 2.62 bits per heavy atom. The van der Waals surface area contributed by atoms with Gasteiger partial charge in [-0.1, -0.05) is 0 Å². The predicted octanol–water partition coefficient (Wildman–Crippen LogP) is 1.25. The van der Waals surface area contributed by atoms with Gasteiger partial charge in [0.25, 0.3) is 11.1 Å². The summed E-state index contributed by atoms with van der Waals surface area (Å²) >= 11 is 4.88. The molecule has 0 N–H and O–H groups in total. The van der Waals surface area contributed by atoms with Gasteiger partial charge in [-0.2, -0.15) is 0 Å². The first-order chi connectivity index (χ1) is 7.59. The first kappa shape index (κ1) is 11.1. The summed E-state index contributed by atoms with van der Waals surface area (Å²) in [6.07, 6.45) is 5.85. The maximum absolute atomic E-state index is 11.6. The molecule has 0 aromatic carbocycles. The number of ether oxygens (including phenoxy) is 1. The Hall–Kier alpha value is -1.36. The third kappa shape index (κ3) is 1.95. The van der Waals surface area contributed by atoms with E-state index in [1.54, 1.807) is 13.1 Å². The van der Waals surface area contributed by atoms with Crippen molar-refractivity contribution in [1.82, 2.24) is 9.80 Å². The van der Waals surface area contributed by atoms with Crippen LogP contribution in [-0.4, -0.2) is 41.5 Å². The lowest BCUT2D eigenvalue weighted by Gasteiger charge is -2.11. The fourth-order valence-corrected chi connectivity index (χ4v) is 1.95. The second-order valence-electron chi connectivity index (χ2n) is 3.95. The topological polar surface area (TPSA) is 32.8 Å². The van der Waals surface area contributed by atoms with E-state index in [0.717, 1.165) is 13.0 Å². The summed E-state index contributed by atoms with van der Waals surface area (Å²) in [5.74, 6) is 0.128. The van der Waals surface area contributed by atoms with Crippen molar-refractivity contribution in [2.45, 2.75) is 12.8 Å². The molecule has 0 atom stereocenters. The quantitative estimate of drug-likeness (QED) is 0.508. The fourth-order valence-electron chi connectivity index (χ4n) is 1.77. The smallest absolute Gasteiger partial charge is 0.296 e. The van der Waals surface area contributed by atoms with E-state index in [0.29, 0.717) is 5.76 Å². The highest BCUT2D eigenvalue weighted by atomic mass is 32.1. The van der Waals surface area contributed by atoms with Crippen molar-refractivity contribution < 1.29 is 9.53 Å². The van der Waals surface area contributed by atoms with Crippen molar-refractivity contribution in [1.29, 1.82) is 0 Å². The normalized spacial score (nSPS) is 26.1. The monoisotopic (exact) mass is 238 g/mol. The van der Waals surface area contributed by atoms with Crippen LogP contribution in [0.1, 0.15) is 12.8 Å². The fraction of sp³-hybridized carbons (Fsp3) is 0.455. The molecule has 5 heteroatoms. The zero-order valence-corrected chi connectivity index (χ0v) is 10.2. The number of hydrogen-bond donors (Lipinski definition) is 0. The first-order valence-corrected chi connectivity index (χ1v) is 5.62. The van der Waals surface area contributed by atoms with Crippen LogP contribution in [0.4, 0.5) is 0 Å². The Kier molecular flexibility index (Phi) is 2.96. The lowest BCUT2D eigenvalue weighted by molar-refractivity contribution is -0.122. The molecule has 0 bridgehead atoms. The van der Waals surface area contributed by atoms with E-state index in [2.05, 4.69) is 4.90 Å². The Labute approximate surface area is 100 Å². The van der Waals surface area contributed by atoms with E-state index in [1.165, 1.54) is 17.0 Å². The van der Waals surface area contributed by atoms with Gasteiger partial charge >= 0.3 is 0 Å². The minimum Gasteiger partial charge on any atom is -0.426 e. The van der Waals surface area contributed by atoms with Gasteiger partial charge in [0.1, 0.15) is 0 Å². The molecule has 0 saturated carbocycles. The van der Waals surface area contributed by atoms with Crippen molar-refractivity contribution in [3.63, 3.8) is 0 Å². The maximum Gasteiger partial charge on any atom is 0.296 e. The minimum absolute atomic E-state index is 0.178. The Balaban J connectivity index is 2.14. The van der Waals surface area contributed by atoms with E-state index in [-0.39, 0.29) is 11.1 Å². The van der Waals surface area contributed by atoms with E-state index < -0.39 is 0 Å². The van der Waals surface area contributed by atoms with Gasteiger partial charge in [-0.25, -0.2) is 0 Å². The van der Waals surface area contributed by atoms with Crippen LogP contribution in [0.3, 0.4) is 0 Å². The highest BCUT2D eigenvalue weighted by Crippen LogP contribution is 2.20. The molecule has 0 unspecified atom stereocenters. The average molecular weight is 238 g/mol. The molecule has 86 valence electrons. The van der Waals surface area contributed by atoms with Gasteiger partial charge in [-0.3, -0.25) is 9.69 Å². The van der Waals surface area contributed by atoms with E-state index in [4.69, 9.17) is 17.0 Å². The summed E-state index contributed by atoms with van der Waals surface area (Å²) in [5.41, 5.74) is 1.23. The number of allylic oxidation sites excluding steroid dienone is 3. The third-order valence-corrected chi connectivity index (χ3v) is 3.19. The van der Waals surface area contributed by atoms with Crippen molar-refractivity contribution in [3.05, 3.63) is 23.6 Å². The summed E-state index contributed by atoms with van der Waals surface area (Å²) in [4.78, 5) is 15.1. The number of nitrogens with zero attached hydrogens (tertiary/aromatic N) is 2. The van der Waals surface area contributed by atoms with Crippen molar-refractivity contribution in [2.24, 2.45) is 0 Å². The van der Waals surface area contributed by atoms with Crippen LogP contribution in [0.2, 0.25) is 0 Å². The second kappa shape index (κ2) is 4.25. The summed E-state index contributed by atoms with van der Waals surface area (Å²) in [6.45, 7) is 1.07. The minimum atomic E-state index is -0.178. The van der Waals surface area contributed by atoms with Crippen LogP contribution in [0.25, 0.3) is 0 Å². The van der Waals surface area contributed by atoms with Gasteiger partial charge in [0, 0.05) is 26.3 Å². The Morgan fingerprint density at radius 1 is 1.38 bits per heavy atom. The number of carbonyl (C=O) groups is 1. The molecular weight excluding hydrogens is 224 g/mol. The van der Waals surface area contributed by atoms with Gasteiger partial charge in [0.05, 0.1) is 0 Å². The largest absolute Gasteiger partial charge is 0.426 e. The van der Waals surface area contributed by atoms with Gasteiger partial charge < -0.3 is 9.64 Å². The van der Waals surface area contributed by atoms with Crippen molar-refractivity contribution in [3.8, 4) is 0 Å². The molecule has 1 amide bonds. The molecule has 0 aromatic heterocycles. The van der Waals surface area contributed by atoms with Crippen LogP contribution in [0, 0.1) is 0 Å². The molecule has 2 rings (SSSR count). The Bertz CT molecular complexity index is 401. The summed E-state index contributed by atoms with van der Waals surface area (Å²) in [7, 11) is 3.66. The third-order valence-electron chi connectivity index (χ3n) is 2.83. The lowest BCUT2D eigenvalue weighted by atomic mass is 10.3. The van der Waals surface area contributed by atoms with Crippen LogP contribution in [0.5, 0.6) is 0 Å². The molecule has 16 heavy (non-hydrogen) atoms. The molecule has 0 aliphatic carbocycles. The number of rotatable bonds is 1. The SMILES string of the molecule is CN1CCCC1=CC=C1OC(=S)N(C)C1=O. The highest BCUT2D eigenvalue weighted by Gasteiger charge is 2.29. The number of thiocarbonyl (C=S) groups is 1. The van der Waals surface area contributed by atoms with Gasteiger partial charge in [0.2, 0.25) is 0 Å². The number of amides is 1. The van der Waals surface area contributed by atoms with Crippen molar-refractivity contribution >= 4 is 23.3 Å². The zero-order valence-electron chi connectivity index (χ0n) is 9.40. The first-order valence-electron chi connectivity index (χ1n) is 5.21. The molecule has 0 radical (unpaired) electrons. The molecule has 2 aliphatic rings. The van der Waals surface area contributed by atoms with Crippen molar-refractivity contribution in [2.75, 3.05) is 20.6 Å². The van der Waals surface area contributed by atoms with Gasteiger partial charge in [-0.05, 0) is 37.2 Å². The summed E-state index contributed by atoms with van der Waals surface area (Å²) in [5, 5.41) is 0.217. The molecule has 4 nitrogen and oxygen atoms in total. The molecule has 2 heterocycles. The molecule has 2 fully saturated rings. The number of likely N-dealkylation sites (tertiary alicyclic amines) is 1. The second-order valence-corrected chi connectivity index (χ2v) is 4.30. The molecular formula is C11H14N2O2S. The standard InChI is InChI=1S/C11H14N2O2S/c1-12-7-3-4-8(12)5-6-9-10(14)13(2)11(16)15-9/h5-6H,3-4,7H2,1-2H3. The van der Waals surface area contributed by atoms with Gasteiger partial charge in [0.15, 0.2) is 5.76 Å². The van der Waals surface area contributed by atoms with Crippen LogP contribution in [0.15, 0.2) is 23.6 Å². The average Bonchev–Trinajstić information content (AvgIpc) is 2.76. The van der Waals surface area contributed by atoms with Crippen LogP contribution < -0.4 is 0 Å². The Morgan fingerprint density at radius 2 is 2.12 bits per heavy atom. The van der Waals surface area contributed by atoms with Crippen LogP contribution >= 0.6 is 12.2 Å². The number of hydrogen-bond acceptors (Lipinski definition) is 4. The maximum atomic E-state index is 11.6. The molecule has 2 aliphatic heterocycles. The van der Waals surface area contributed by atoms with E-state index in [1.807, 2.05) is 13.1 Å². The predicted molar refractivity (Wildman–Crippen MR) is 64.5 cm³/mol. The van der Waals surface area contributed by atoms with E-state index in [9.17, 15) is 4.79 Å². The number of carbonyl (C=O) groups excluding carboxylic acids is 1. The number of likely N-dealkylation sites (N-methyl/N-ethyl adjacent to an activating group) is 1. The molecule has 0 spiro atoms. The molecule has 0 aromatic rings.